The van der Waals surface area contributed by atoms with Crippen molar-refractivity contribution in [3.8, 4) is 0 Å². The molecule has 0 spiro atoms. The van der Waals surface area contributed by atoms with Gasteiger partial charge in [0.25, 0.3) is 5.97 Å². The van der Waals surface area contributed by atoms with Crippen LogP contribution in [-0.2, 0) is 14.2 Å². The van der Waals surface area contributed by atoms with Crippen molar-refractivity contribution in [1.82, 2.24) is 0 Å². The molecular formula is C11H20O3. The van der Waals surface area contributed by atoms with Gasteiger partial charge in [-0.25, -0.2) is 0 Å². The molecule has 3 nitrogen and oxygen atoms in total. The fourth-order valence-corrected chi connectivity index (χ4v) is 2.26. The molecule has 0 radical (unpaired) electrons. The van der Waals surface area contributed by atoms with Crippen LogP contribution in [0.25, 0.3) is 0 Å². The van der Waals surface area contributed by atoms with Gasteiger partial charge in [0.2, 0.25) is 0 Å². The second kappa shape index (κ2) is 3.47. The first-order chi connectivity index (χ1) is 6.63. The summed E-state index contributed by atoms with van der Waals surface area (Å²) in [5, 5.41) is 0. The van der Waals surface area contributed by atoms with Gasteiger partial charge in [-0.05, 0) is 6.42 Å². The highest BCUT2D eigenvalue weighted by Crippen LogP contribution is 2.44. The van der Waals surface area contributed by atoms with Crippen molar-refractivity contribution in [2.24, 2.45) is 11.3 Å². The molecule has 2 bridgehead atoms. The first kappa shape index (κ1) is 10.4. The van der Waals surface area contributed by atoms with Crippen molar-refractivity contribution in [1.29, 1.82) is 0 Å². The second-order valence-electron chi connectivity index (χ2n) is 4.87. The van der Waals surface area contributed by atoms with Gasteiger partial charge in [-0.1, -0.05) is 27.2 Å². The average Bonchev–Trinajstić information content (AvgIpc) is 2.20. The summed E-state index contributed by atoms with van der Waals surface area (Å²) in [6, 6.07) is 0. The van der Waals surface area contributed by atoms with E-state index in [0.29, 0.717) is 0 Å². The quantitative estimate of drug-likeness (QED) is 0.698. The highest BCUT2D eigenvalue weighted by Gasteiger charge is 2.53. The van der Waals surface area contributed by atoms with E-state index in [2.05, 4.69) is 20.8 Å². The maximum atomic E-state index is 5.74. The Labute approximate surface area is 85.7 Å². The van der Waals surface area contributed by atoms with E-state index in [1.165, 1.54) is 0 Å². The van der Waals surface area contributed by atoms with E-state index < -0.39 is 5.97 Å². The zero-order chi connectivity index (χ0) is 10.2. The summed E-state index contributed by atoms with van der Waals surface area (Å²) in [6.45, 7) is 8.70. The van der Waals surface area contributed by atoms with Crippen LogP contribution in [0.2, 0.25) is 0 Å². The largest absolute Gasteiger partial charge is 0.326 e. The molecule has 0 saturated carbocycles. The maximum Gasteiger partial charge on any atom is 0.285 e. The molecule has 14 heavy (non-hydrogen) atoms. The highest BCUT2D eigenvalue weighted by molar-refractivity contribution is 4.88. The molecule has 0 aromatic carbocycles. The lowest BCUT2D eigenvalue weighted by atomic mass is 9.83. The minimum absolute atomic E-state index is 0.130. The Kier molecular flexibility index (Phi) is 2.58. The molecule has 3 saturated heterocycles. The van der Waals surface area contributed by atoms with Crippen molar-refractivity contribution in [3.05, 3.63) is 0 Å². The number of hydrogen-bond acceptors (Lipinski definition) is 3. The van der Waals surface area contributed by atoms with Crippen molar-refractivity contribution >= 4 is 0 Å². The van der Waals surface area contributed by atoms with Crippen LogP contribution >= 0.6 is 0 Å². The predicted molar refractivity (Wildman–Crippen MR) is 52.8 cm³/mol. The summed E-state index contributed by atoms with van der Waals surface area (Å²) in [5.74, 6) is -0.488. The molecule has 0 unspecified atom stereocenters. The fraction of sp³-hybridized carbons (Fsp3) is 1.00. The van der Waals surface area contributed by atoms with Crippen LogP contribution < -0.4 is 0 Å². The minimum Gasteiger partial charge on any atom is -0.326 e. The average molecular weight is 200 g/mol. The SMILES string of the molecule is CCCC12COC(C(C)C)(OC1)OC2. The summed E-state index contributed by atoms with van der Waals surface area (Å²) in [7, 11) is 0. The van der Waals surface area contributed by atoms with Gasteiger partial charge in [0.1, 0.15) is 0 Å². The van der Waals surface area contributed by atoms with Crippen LogP contribution in [0, 0.1) is 11.3 Å². The Morgan fingerprint density at radius 3 is 1.93 bits per heavy atom. The summed E-state index contributed by atoms with van der Waals surface area (Å²) in [5.41, 5.74) is 0.130. The monoisotopic (exact) mass is 200 g/mol. The molecule has 0 atom stereocenters. The Bertz CT molecular complexity index is 188. The molecule has 3 heteroatoms. The molecule has 0 aliphatic carbocycles. The molecular weight excluding hydrogens is 180 g/mol. The van der Waals surface area contributed by atoms with Crippen LogP contribution in [0.3, 0.4) is 0 Å². The summed E-state index contributed by atoms with van der Waals surface area (Å²) < 4.78 is 17.2. The summed E-state index contributed by atoms with van der Waals surface area (Å²) >= 11 is 0. The Morgan fingerprint density at radius 1 is 1.07 bits per heavy atom. The van der Waals surface area contributed by atoms with E-state index in [1.807, 2.05) is 0 Å². The van der Waals surface area contributed by atoms with Crippen molar-refractivity contribution < 1.29 is 14.2 Å². The molecule has 3 fully saturated rings. The minimum atomic E-state index is -0.741. The molecule has 0 aromatic rings. The molecule has 3 rings (SSSR count). The van der Waals surface area contributed by atoms with Crippen LogP contribution in [0.5, 0.6) is 0 Å². The third kappa shape index (κ3) is 1.47. The van der Waals surface area contributed by atoms with E-state index >= 15 is 0 Å². The molecule has 3 aliphatic rings. The normalized spacial score (nSPS) is 42.0. The molecule has 0 aromatic heterocycles. The Balaban J connectivity index is 2.05. The van der Waals surface area contributed by atoms with Gasteiger partial charge >= 0.3 is 0 Å². The van der Waals surface area contributed by atoms with Gasteiger partial charge in [0.15, 0.2) is 0 Å². The lowest BCUT2D eigenvalue weighted by molar-refractivity contribution is -0.483. The molecule has 3 heterocycles. The van der Waals surface area contributed by atoms with Crippen LogP contribution in [0.4, 0.5) is 0 Å². The number of hydrogen-bond donors (Lipinski definition) is 0. The Morgan fingerprint density at radius 2 is 1.57 bits per heavy atom. The topological polar surface area (TPSA) is 27.7 Å². The van der Waals surface area contributed by atoms with E-state index in [0.717, 1.165) is 32.7 Å². The predicted octanol–water partition coefficient (Wildman–Crippen LogP) is 2.16. The van der Waals surface area contributed by atoms with Crippen LogP contribution in [0.1, 0.15) is 33.6 Å². The van der Waals surface area contributed by atoms with Crippen molar-refractivity contribution in [2.45, 2.75) is 39.6 Å². The smallest absolute Gasteiger partial charge is 0.285 e. The first-order valence-electron chi connectivity index (χ1n) is 5.54. The molecule has 82 valence electrons. The lowest BCUT2D eigenvalue weighted by Gasteiger charge is -2.53. The van der Waals surface area contributed by atoms with Crippen LogP contribution in [-0.4, -0.2) is 25.8 Å². The number of fused-ring (bicyclic) bond motifs is 3. The molecule has 3 aliphatic heterocycles. The summed E-state index contributed by atoms with van der Waals surface area (Å²) in [4.78, 5) is 0. The third-order valence-electron chi connectivity index (χ3n) is 3.23. The van der Waals surface area contributed by atoms with E-state index in [9.17, 15) is 0 Å². The van der Waals surface area contributed by atoms with Gasteiger partial charge < -0.3 is 14.2 Å². The lowest BCUT2D eigenvalue weighted by Crippen LogP contribution is -2.62. The fourth-order valence-electron chi connectivity index (χ4n) is 2.26. The molecule has 0 N–H and O–H groups in total. The maximum absolute atomic E-state index is 5.74. The standard InChI is InChI=1S/C11H20O3/c1-4-5-10-6-12-11(9(2)3,13-7-10)14-8-10/h9H,4-8H2,1-3H3. The third-order valence-corrected chi connectivity index (χ3v) is 3.23. The van der Waals surface area contributed by atoms with E-state index in [-0.39, 0.29) is 11.3 Å². The van der Waals surface area contributed by atoms with Crippen molar-refractivity contribution in [3.63, 3.8) is 0 Å². The first-order valence-corrected chi connectivity index (χ1v) is 5.54. The summed E-state index contributed by atoms with van der Waals surface area (Å²) in [6.07, 6.45) is 2.28. The zero-order valence-electron chi connectivity index (χ0n) is 9.34. The zero-order valence-corrected chi connectivity index (χ0v) is 9.34. The second-order valence-corrected chi connectivity index (χ2v) is 4.87. The Hall–Kier alpha value is -0.120. The number of ether oxygens (including phenoxy) is 3. The number of rotatable bonds is 3. The van der Waals surface area contributed by atoms with E-state index in [4.69, 9.17) is 14.2 Å². The van der Waals surface area contributed by atoms with Gasteiger partial charge in [-0.2, -0.15) is 0 Å². The van der Waals surface area contributed by atoms with Gasteiger partial charge in [0.05, 0.1) is 19.8 Å². The van der Waals surface area contributed by atoms with Crippen molar-refractivity contribution in [2.75, 3.05) is 19.8 Å². The van der Waals surface area contributed by atoms with Gasteiger partial charge in [-0.3, -0.25) is 0 Å². The highest BCUT2D eigenvalue weighted by atomic mass is 16.9. The van der Waals surface area contributed by atoms with Gasteiger partial charge in [0, 0.05) is 11.3 Å². The van der Waals surface area contributed by atoms with Gasteiger partial charge in [-0.15, -0.1) is 0 Å². The molecule has 0 amide bonds. The van der Waals surface area contributed by atoms with E-state index in [1.54, 1.807) is 0 Å². The van der Waals surface area contributed by atoms with Crippen LogP contribution in [0.15, 0.2) is 0 Å².